The summed E-state index contributed by atoms with van der Waals surface area (Å²) in [6, 6.07) is 14.6. The lowest BCUT2D eigenvalue weighted by molar-refractivity contribution is 0.763. The molecule has 0 radical (unpaired) electrons. The SMILES string of the molecule is ClCc1cccc(Cl)c1N1CCCc2ccccc2C1. The fourth-order valence-electron chi connectivity index (χ4n) is 2.91. The van der Waals surface area contributed by atoms with E-state index in [1.54, 1.807) is 0 Å². The first-order valence-corrected chi connectivity index (χ1v) is 7.86. The minimum absolute atomic E-state index is 0.494. The van der Waals surface area contributed by atoms with Gasteiger partial charge < -0.3 is 4.90 Å². The van der Waals surface area contributed by atoms with Gasteiger partial charge in [0.25, 0.3) is 0 Å². The third kappa shape index (κ3) is 2.65. The third-order valence-corrected chi connectivity index (χ3v) is 4.48. The third-order valence-electron chi connectivity index (χ3n) is 3.88. The smallest absolute Gasteiger partial charge is 0.0642 e. The van der Waals surface area contributed by atoms with E-state index in [4.69, 9.17) is 23.2 Å². The molecule has 0 saturated heterocycles. The molecule has 1 heterocycles. The number of anilines is 1. The summed E-state index contributed by atoms with van der Waals surface area (Å²) < 4.78 is 0. The summed E-state index contributed by atoms with van der Waals surface area (Å²) in [5, 5.41) is 0.794. The number of nitrogens with zero attached hydrogens (tertiary/aromatic N) is 1. The van der Waals surface area contributed by atoms with Crippen molar-refractivity contribution < 1.29 is 0 Å². The van der Waals surface area contributed by atoms with Gasteiger partial charge in [-0.1, -0.05) is 48.0 Å². The molecule has 20 heavy (non-hydrogen) atoms. The number of hydrogen-bond acceptors (Lipinski definition) is 1. The molecule has 0 N–H and O–H groups in total. The zero-order valence-electron chi connectivity index (χ0n) is 11.3. The van der Waals surface area contributed by atoms with Crippen molar-refractivity contribution in [2.45, 2.75) is 25.3 Å². The van der Waals surface area contributed by atoms with Gasteiger partial charge >= 0.3 is 0 Å². The van der Waals surface area contributed by atoms with Crippen LogP contribution in [-0.4, -0.2) is 6.54 Å². The van der Waals surface area contributed by atoms with Crippen LogP contribution in [0.5, 0.6) is 0 Å². The second kappa shape index (κ2) is 6.07. The first kappa shape index (κ1) is 13.8. The van der Waals surface area contributed by atoms with Crippen LogP contribution in [0.1, 0.15) is 23.1 Å². The highest BCUT2D eigenvalue weighted by Crippen LogP contribution is 2.34. The van der Waals surface area contributed by atoms with Gasteiger partial charge in [0.15, 0.2) is 0 Å². The summed E-state index contributed by atoms with van der Waals surface area (Å²) in [6.45, 7) is 1.92. The zero-order valence-corrected chi connectivity index (χ0v) is 12.8. The Morgan fingerprint density at radius 1 is 1.00 bits per heavy atom. The molecule has 0 saturated carbocycles. The fourth-order valence-corrected chi connectivity index (χ4v) is 3.44. The van der Waals surface area contributed by atoms with Crippen LogP contribution in [0.4, 0.5) is 5.69 Å². The summed E-state index contributed by atoms with van der Waals surface area (Å²) in [5.74, 6) is 0.494. The Kier molecular flexibility index (Phi) is 4.18. The van der Waals surface area contributed by atoms with Crippen molar-refractivity contribution in [2.75, 3.05) is 11.4 Å². The maximum Gasteiger partial charge on any atom is 0.0642 e. The van der Waals surface area contributed by atoms with Crippen molar-refractivity contribution in [1.82, 2.24) is 0 Å². The van der Waals surface area contributed by atoms with E-state index in [2.05, 4.69) is 35.2 Å². The number of hydrogen-bond donors (Lipinski definition) is 0. The number of aryl methyl sites for hydroxylation is 1. The first-order chi connectivity index (χ1) is 9.79. The highest BCUT2D eigenvalue weighted by Gasteiger charge is 2.18. The van der Waals surface area contributed by atoms with Crippen molar-refractivity contribution in [2.24, 2.45) is 0 Å². The first-order valence-electron chi connectivity index (χ1n) is 6.94. The Balaban J connectivity index is 2.00. The number of benzene rings is 2. The second-order valence-corrected chi connectivity index (χ2v) is 5.85. The molecule has 1 aliphatic rings. The molecular formula is C17H17Cl2N. The second-order valence-electron chi connectivity index (χ2n) is 5.18. The number of alkyl halides is 1. The van der Waals surface area contributed by atoms with Crippen LogP contribution >= 0.6 is 23.2 Å². The van der Waals surface area contributed by atoms with Crippen LogP contribution in [-0.2, 0) is 18.8 Å². The summed E-state index contributed by atoms with van der Waals surface area (Å²) in [7, 11) is 0. The predicted octanol–water partition coefficient (Wildman–Crippen LogP) is 5.03. The van der Waals surface area contributed by atoms with Gasteiger partial charge in [0.2, 0.25) is 0 Å². The molecule has 3 rings (SSSR count). The van der Waals surface area contributed by atoms with Gasteiger partial charge in [-0.3, -0.25) is 0 Å². The van der Waals surface area contributed by atoms with E-state index in [0.29, 0.717) is 5.88 Å². The quantitative estimate of drug-likeness (QED) is 0.703. The van der Waals surface area contributed by atoms with Gasteiger partial charge in [-0.15, -0.1) is 11.6 Å². The number of fused-ring (bicyclic) bond motifs is 1. The molecular weight excluding hydrogens is 289 g/mol. The standard InChI is InChI=1S/C17H17Cl2N/c18-11-14-7-3-9-16(19)17(14)20-10-4-8-13-5-1-2-6-15(13)12-20/h1-3,5-7,9H,4,8,10-12H2. The molecule has 2 aromatic carbocycles. The van der Waals surface area contributed by atoms with Crippen LogP contribution in [0.25, 0.3) is 0 Å². The zero-order chi connectivity index (χ0) is 13.9. The minimum atomic E-state index is 0.494. The van der Waals surface area contributed by atoms with Crippen LogP contribution in [0.2, 0.25) is 5.02 Å². The molecule has 1 nitrogen and oxygen atoms in total. The number of para-hydroxylation sites is 1. The van der Waals surface area contributed by atoms with Gasteiger partial charge in [-0.05, 0) is 35.6 Å². The Morgan fingerprint density at radius 3 is 2.60 bits per heavy atom. The Labute approximate surface area is 130 Å². The van der Waals surface area contributed by atoms with Gasteiger partial charge in [0.1, 0.15) is 0 Å². The molecule has 0 aromatic heterocycles. The van der Waals surface area contributed by atoms with Crippen molar-refractivity contribution in [1.29, 1.82) is 0 Å². The highest BCUT2D eigenvalue weighted by atomic mass is 35.5. The number of halogens is 2. The topological polar surface area (TPSA) is 3.24 Å². The summed E-state index contributed by atoms with van der Waals surface area (Å²) in [4.78, 5) is 2.37. The predicted molar refractivity (Wildman–Crippen MR) is 86.8 cm³/mol. The lowest BCUT2D eigenvalue weighted by Gasteiger charge is -2.26. The van der Waals surface area contributed by atoms with E-state index in [9.17, 15) is 0 Å². The van der Waals surface area contributed by atoms with E-state index < -0.39 is 0 Å². The van der Waals surface area contributed by atoms with Gasteiger partial charge in [-0.25, -0.2) is 0 Å². The van der Waals surface area contributed by atoms with Crippen molar-refractivity contribution >= 4 is 28.9 Å². The lowest BCUT2D eigenvalue weighted by Crippen LogP contribution is -2.24. The van der Waals surface area contributed by atoms with E-state index >= 15 is 0 Å². The van der Waals surface area contributed by atoms with Gasteiger partial charge in [-0.2, -0.15) is 0 Å². The summed E-state index contributed by atoms with van der Waals surface area (Å²) >= 11 is 12.5. The molecule has 0 amide bonds. The largest absolute Gasteiger partial charge is 0.366 e. The normalized spacial score (nSPS) is 14.8. The number of rotatable bonds is 2. The molecule has 0 unspecified atom stereocenters. The highest BCUT2D eigenvalue weighted by molar-refractivity contribution is 6.33. The van der Waals surface area contributed by atoms with Crippen LogP contribution in [0.15, 0.2) is 42.5 Å². The summed E-state index contributed by atoms with van der Waals surface area (Å²) in [6.07, 6.45) is 2.28. The maximum absolute atomic E-state index is 6.42. The minimum Gasteiger partial charge on any atom is -0.366 e. The monoisotopic (exact) mass is 305 g/mol. The van der Waals surface area contributed by atoms with E-state index in [-0.39, 0.29) is 0 Å². The van der Waals surface area contributed by atoms with E-state index in [1.807, 2.05) is 12.1 Å². The van der Waals surface area contributed by atoms with Crippen LogP contribution in [0.3, 0.4) is 0 Å². The Morgan fingerprint density at radius 2 is 1.80 bits per heavy atom. The van der Waals surface area contributed by atoms with Crippen molar-refractivity contribution in [3.8, 4) is 0 Å². The Hall–Kier alpha value is -1.18. The lowest BCUT2D eigenvalue weighted by atomic mass is 10.0. The van der Waals surface area contributed by atoms with Crippen LogP contribution in [0, 0.1) is 0 Å². The summed E-state index contributed by atoms with van der Waals surface area (Å²) in [5.41, 5.74) is 5.05. The molecule has 3 heteroatoms. The van der Waals surface area contributed by atoms with Crippen molar-refractivity contribution in [3.05, 3.63) is 64.2 Å². The molecule has 2 aromatic rings. The van der Waals surface area contributed by atoms with Gasteiger partial charge in [0.05, 0.1) is 10.7 Å². The molecule has 0 bridgehead atoms. The maximum atomic E-state index is 6.42. The van der Waals surface area contributed by atoms with E-state index in [0.717, 1.165) is 42.2 Å². The molecule has 104 valence electrons. The fraction of sp³-hybridized carbons (Fsp3) is 0.294. The molecule has 0 fully saturated rings. The average molecular weight is 306 g/mol. The molecule has 0 spiro atoms. The molecule has 0 aliphatic carbocycles. The average Bonchev–Trinajstić information content (AvgIpc) is 2.68. The molecule has 0 atom stereocenters. The van der Waals surface area contributed by atoms with Gasteiger partial charge in [0, 0.05) is 19.0 Å². The van der Waals surface area contributed by atoms with Crippen LogP contribution < -0.4 is 4.90 Å². The Bertz CT molecular complexity index is 610. The van der Waals surface area contributed by atoms with E-state index in [1.165, 1.54) is 11.1 Å². The molecule has 1 aliphatic heterocycles. The van der Waals surface area contributed by atoms with Crippen molar-refractivity contribution in [3.63, 3.8) is 0 Å².